The molecule has 0 unspecified atom stereocenters. The van der Waals surface area contributed by atoms with Crippen molar-refractivity contribution in [1.82, 2.24) is 10.2 Å². The van der Waals surface area contributed by atoms with Gasteiger partial charge in [-0.3, -0.25) is 19.8 Å². The second-order valence-corrected chi connectivity index (χ2v) is 4.90. The quantitative estimate of drug-likeness (QED) is 0.642. The summed E-state index contributed by atoms with van der Waals surface area (Å²) in [5.74, 6) is -0.178. The lowest BCUT2D eigenvalue weighted by atomic mass is 10.2. The molecule has 0 bridgehead atoms. The molecule has 20 heavy (non-hydrogen) atoms. The number of benzene rings is 1. The molecule has 0 saturated carbocycles. The summed E-state index contributed by atoms with van der Waals surface area (Å²) in [4.78, 5) is 24.0. The molecule has 1 aliphatic rings. The highest BCUT2D eigenvalue weighted by Crippen LogP contribution is 2.26. The smallest absolute Gasteiger partial charge is 0.271 e. The number of amides is 1. The van der Waals surface area contributed by atoms with Gasteiger partial charge in [0.15, 0.2) is 0 Å². The standard InChI is InChI=1S/C12H15ClN4O3/c13-10-7-9(17(19)20)1-2-11(10)15-12(18)8-16-5-3-14-4-6-16/h1-2,7,14H,3-6,8H2,(H,15,18). The number of nitrogens with one attached hydrogen (secondary N) is 2. The van der Waals surface area contributed by atoms with Crippen LogP contribution in [0.4, 0.5) is 11.4 Å². The molecule has 1 saturated heterocycles. The maximum Gasteiger partial charge on any atom is 0.271 e. The Hall–Kier alpha value is -1.70. The topological polar surface area (TPSA) is 87.5 Å². The Bertz CT molecular complexity index is 517. The normalized spacial score (nSPS) is 15.8. The zero-order valence-corrected chi connectivity index (χ0v) is 11.5. The second kappa shape index (κ2) is 6.65. The number of rotatable bonds is 4. The van der Waals surface area contributed by atoms with Crippen LogP contribution in [-0.2, 0) is 4.79 Å². The van der Waals surface area contributed by atoms with Crippen molar-refractivity contribution in [3.05, 3.63) is 33.3 Å². The van der Waals surface area contributed by atoms with E-state index < -0.39 is 4.92 Å². The van der Waals surface area contributed by atoms with E-state index in [0.717, 1.165) is 26.2 Å². The molecule has 1 amide bonds. The van der Waals surface area contributed by atoms with Crippen LogP contribution in [0, 0.1) is 10.1 Å². The number of non-ortho nitro benzene ring substituents is 1. The number of hydrogen-bond acceptors (Lipinski definition) is 5. The lowest BCUT2D eigenvalue weighted by Crippen LogP contribution is -2.46. The van der Waals surface area contributed by atoms with Crippen molar-refractivity contribution in [3.8, 4) is 0 Å². The van der Waals surface area contributed by atoms with Gasteiger partial charge in [0.1, 0.15) is 0 Å². The highest BCUT2D eigenvalue weighted by Gasteiger charge is 2.15. The van der Waals surface area contributed by atoms with Crippen LogP contribution >= 0.6 is 11.6 Å². The Kier molecular flexibility index (Phi) is 4.89. The Labute approximate surface area is 121 Å². The first-order valence-electron chi connectivity index (χ1n) is 6.23. The van der Waals surface area contributed by atoms with Gasteiger partial charge in [-0.2, -0.15) is 0 Å². The number of anilines is 1. The molecule has 0 aromatic heterocycles. The molecule has 0 atom stereocenters. The molecule has 0 spiro atoms. The first-order chi connectivity index (χ1) is 9.56. The number of halogens is 1. The minimum Gasteiger partial charge on any atom is -0.324 e. The van der Waals surface area contributed by atoms with Crippen molar-refractivity contribution in [2.75, 3.05) is 38.0 Å². The highest BCUT2D eigenvalue weighted by atomic mass is 35.5. The van der Waals surface area contributed by atoms with E-state index in [1.807, 2.05) is 4.90 Å². The van der Waals surface area contributed by atoms with Crippen molar-refractivity contribution < 1.29 is 9.72 Å². The lowest BCUT2D eigenvalue weighted by molar-refractivity contribution is -0.384. The number of carbonyl (C=O) groups is 1. The third-order valence-electron chi connectivity index (χ3n) is 3.01. The van der Waals surface area contributed by atoms with E-state index in [9.17, 15) is 14.9 Å². The molecule has 2 N–H and O–H groups in total. The van der Waals surface area contributed by atoms with Crippen LogP contribution in [0.25, 0.3) is 0 Å². The van der Waals surface area contributed by atoms with Gasteiger partial charge in [-0.05, 0) is 6.07 Å². The Balaban J connectivity index is 1.95. The molecule has 2 rings (SSSR count). The zero-order valence-electron chi connectivity index (χ0n) is 10.8. The summed E-state index contributed by atoms with van der Waals surface area (Å²) in [5.41, 5.74) is 0.285. The average molecular weight is 299 g/mol. The number of nitrogens with zero attached hydrogens (tertiary/aromatic N) is 2. The summed E-state index contributed by atoms with van der Waals surface area (Å²) in [6.07, 6.45) is 0. The molecule has 7 nitrogen and oxygen atoms in total. The van der Waals surface area contributed by atoms with Crippen molar-refractivity contribution >= 4 is 28.9 Å². The van der Waals surface area contributed by atoms with Crippen LogP contribution in [0.5, 0.6) is 0 Å². The van der Waals surface area contributed by atoms with E-state index in [2.05, 4.69) is 10.6 Å². The molecule has 0 radical (unpaired) electrons. The zero-order chi connectivity index (χ0) is 14.5. The predicted octanol–water partition coefficient (Wildman–Crippen LogP) is 1.09. The van der Waals surface area contributed by atoms with Crippen LogP contribution in [0.15, 0.2) is 18.2 Å². The minimum atomic E-state index is -0.530. The van der Waals surface area contributed by atoms with Gasteiger partial charge in [0.25, 0.3) is 5.69 Å². The van der Waals surface area contributed by atoms with Crippen molar-refractivity contribution in [2.24, 2.45) is 0 Å². The van der Waals surface area contributed by atoms with Crippen LogP contribution in [0.1, 0.15) is 0 Å². The van der Waals surface area contributed by atoms with Gasteiger partial charge in [0, 0.05) is 38.3 Å². The molecule has 1 fully saturated rings. The Morgan fingerprint density at radius 1 is 1.45 bits per heavy atom. The lowest BCUT2D eigenvalue weighted by Gasteiger charge is -2.26. The van der Waals surface area contributed by atoms with E-state index in [-0.39, 0.29) is 23.2 Å². The number of carbonyl (C=O) groups excluding carboxylic acids is 1. The van der Waals surface area contributed by atoms with Gasteiger partial charge in [0.2, 0.25) is 5.91 Å². The SMILES string of the molecule is O=C(CN1CCNCC1)Nc1ccc([N+](=O)[O-])cc1Cl. The molecule has 108 valence electrons. The summed E-state index contributed by atoms with van der Waals surface area (Å²) in [6, 6.07) is 3.98. The minimum absolute atomic E-state index is 0.102. The van der Waals surface area contributed by atoms with E-state index in [1.54, 1.807) is 0 Å². The molecule has 0 aliphatic carbocycles. The Morgan fingerprint density at radius 3 is 2.75 bits per heavy atom. The van der Waals surface area contributed by atoms with Gasteiger partial charge >= 0.3 is 0 Å². The molecular weight excluding hydrogens is 284 g/mol. The Morgan fingerprint density at radius 2 is 2.15 bits per heavy atom. The third kappa shape index (κ3) is 3.89. The predicted molar refractivity (Wildman–Crippen MR) is 76.0 cm³/mol. The maximum atomic E-state index is 11.9. The fraction of sp³-hybridized carbons (Fsp3) is 0.417. The number of piperazine rings is 1. The van der Waals surface area contributed by atoms with Crippen molar-refractivity contribution in [1.29, 1.82) is 0 Å². The first-order valence-corrected chi connectivity index (χ1v) is 6.61. The van der Waals surface area contributed by atoms with Crippen LogP contribution in [0.3, 0.4) is 0 Å². The molecule has 8 heteroatoms. The second-order valence-electron chi connectivity index (χ2n) is 4.50. The number of hydrogen-bond donors (Lipinski definition) is 2. The summed E-state index contributed by atoms with van der Waals surface area (Å²) in [6.45, 7) is 3.66. The molecule has 1 aliphatic heterocycles. The molecular formula is C12H15ClN4O3. The van der Waals surface area contributed by atoms with Gasteiger partial charge < -0.3 is 10.6 Å². The maximum absolute atomic E-state index is 11.9. The summed E-state index contributed by atoms with van der Waals surface area (Å²) < 4.78 is 0. The van der Waals surface area contributed by atoms with E-state index in [1.165, 1.54) is 18.2 Å². The van der Waals surface area contributed by atoms with Crippen molar-refractivity contribution in [3.63, 3.8) is 0 Å². The molecule has 1 aromatic carbocycles. The summed E-state index contributed by atoms with van der Waals surface area (Å²) in [5, 5.41) is 16.6. The van der Waals surface area contributed by atoms with Gasteiger partial charge in [-0.25, -0.2) is 0 Å². The van der Waals surface area contributed by atoms with Crippen LogP contribution in [0.2, 0.25) is 5.02 Å². The first kappa shape index (κ1) is 14.7. The molecule has 1 aromatic rings. The van der Waals surface area contributed by atoms with E-state index in [0.29, 0.717) is 5.69 Å². The number of nitro groups is 1. The fourth-order valence-electron chi connectivity index (χ4n) is 1.98. The van der Waals surface area contributed by atoms with Gasteiger partial charge in [-0.15, -0.1) is 0 Å². The van der Waals surface area contributed by atoms with E-state index >= 15 is 0 Å². The van der Waals surface area contributed by atoms with Crippen LogP contribution < -0.4 is 10.6 Å². The van der Waals surface area contributed by atoms with Gasteiger partial charge in [-0.1, -0.05) is 11.6 Å². The average Bonchev–Trinajstić information content (AvgIpc) is 2.42. The fourth-order valence-corrected chi connectivity index (χ4v) is 2.20. The van der Waals surface area contributed by atoms with E-state index in [4.69, 9.17) is 11.6 Å². The van der Waals surface area contributed by atoms with Crippen LogP contribution in [-0.4, -0.2) is 48.5 Å². The largest absolute Gasteiger partial charge is 0.324 e. The summed E-state index contributed by atoms with van der Waals surface area (Å²) in [7, 11) is 0. The highest BCUT2D eigenvalue weighted by molar-refractivity contribution is 6.34. The van der Waals surface area contributed by atoms with Crippen molar-refractivity contribution in [2.45, 2.75) is 0 Å². The molecule has 1 heterocycles. The third-order valence-corrected chi connectivity index (χ3v) is 3.33. The number of nitro benzene ring substituents is 1. The monoisotopic (exact) mass is 298 g/mol. The van der Waals surface area contributed by atoms with Gasteiger partial charge in [0.05, 0.1) is 22.2 Å². The summed E-state index contributed by atoms with van der Waals surface area (Å²) >= 11 is 5.92.